The van der Waals surface area contributed by atoms with Crippen molar-refractivity contribution >= 4 is 23.3 Å². The van der Waals surface area contributed by atoms with E-state index in [2.05, 4.69) is 9.84 Å². The molecule has 1 amide bonds. The van der Waals surface area contributed by atoms with Crippen molar-refractivity contribution in [2.24, 2.45) is 5.10 Å². The van der Waals surface area contributed by atoms with Crippen LogP contribution in [0.3, 0.4) is 0 Å². The first-order valence-corrected chi connectivity index (χ1v) is 6.44. The van der Waals surface area contributed by atoms with Gasteiger partial charge in [0.2, 0.25) is 0 Å². The number of hydrogen-bond acceptors (Lipinski definition) is 4. The van der Waals surface area contributed by atoms with Crippen LogP contribution in [0.4, 0.5) is 32.0 Å². The summed E-state index contributed by atoms with van der Waals surface area (Å²) in [5.74, 6) is -3.86. The number of hydrogen-bond donors (Lipinski definition) is 0. The number of esters is 1. The van der Waals surface area contributed by atoms with E-state index in [0.717, 1.165) is 0 Å². The molecule has 5 nitrogen and oxygen atoms in total. The van der Waals surface area contributed by atoms with Crippen LogP contribution in [0.1, 0.15) is 0 Å². The Balaban J connectivity index is 2.75. The summed E-state index contributed by atoms with van der Waals surface area (Å²) in [5, 5.41) is 3.10. The Morgan fingerprint density at radius 3 is 2.08 bits per heavy atom. The predicted octanol–water partition coefficient (Wildman–Crippen LogP) is 2.98. The molecule has 1 aromatic rings. The quantitative estimate of drug-likeness (QED) is 0.459. The molecule has 1 heterocycles. The molecule has 1 aliphatic heterocycles. The van der Waals surface area contributed by atoms with E-state index in [9.17, 15) is 35.9 Å². The number of halogens is 6. The molecule has 0 aromatic heterocycles. The minimum atomic E-state index is -5.56. The van der Waals surface area contributed by atoms with E-state index in [0.29, 0.717) is 7.11 Å². The van der Waals surface area contributed by atoms with Gasteiger partial charge < -0.3 is 4.74 Å². The lowest BCUT2D eigenvalue weighted by Crippen LogP contribution is -2.33. The SMILES string of the molecule is COC(=O)/C(=C1/C(=O)N(c2ccccc2)N=C1C(F)(F)F)C(F)(F)F. The largest absolute Gasteiger partial charge is 0.465 e. The first kappa shape index (κ1) is 18.5. The van der Waals surface area contributed by atoms with Crippen molar-refractivity contribution in [2.45, 2.75) is 12.4 Å². The Hall–Kier alpha value is -2.85. The van der Waals surface area contributed by atoms with Crippen molar-refractivity contribution in [3.63, 3.8) is 0 Å². The van der Waals surface area contributed by atoms with E-state index >= 15 is 0 Å². The average molecular weight is 366 g/mol. The fraction of sp³-hybridized carbons (Fsp3) is 0.214. The highest BCUT2D eigenvalue weighted by Gasteiger charge is 2.54. The number of ether oxygens (including phenoxy) is 1. The fourth-order valence-electron chi connectivity index (χ4n) is 2.03. The molecule has 25 heavy (non-hydrogen) atoms. The van der Waals surface area contributed by atoms with E-state index in [4.69, 9.17) is 0 Å². The molecule has 0 saturated heterocycles. The van der Waals surface area contributed by atoms with Crippen molar-refractivity contribution in [3.05, 3.63) is 41.5 Å². The maximum atomic E-state index is 13.1. The maximum absolute atomic E-state index is 13.1. The number of amides is 1. The van der Waals surface area contributed by atoms with Crippen LogP contribution in [0, 0.1) is 0 Å². The standard InChI is InChI=1S/C14H8F6N2O3/c1-25-12(24)9(13(15,16)17)8-10(14(18,19)20)21-22(11(8)23)7-5-3-2-4-6-7/h2-6H,1H3/b9-8-. The average Bonchev–Trinajstić information content (AvgIpc) is 2.84. The van der Waals surface area contributed by atoms with Crippen LogP contribution in [0.5, 0.6) is 0 Å². The van der Waals surface area contributed by atoms with Crippen molar-refractivity contribution in [3.8, 4) is 0 Å². The summed E-state index contributed by atoms with van der Waals surface area (Å²) in [6.45, 7) is 0. The van der Waals surface area contributed by atoms with E-state index in [1.54, 1.807) is 0 Å². The van der Waals surface area contributed by atoms with Crippen LogP contribution >= 0.6 is 0 Å². The number of methoxy groups -OCH3 is 1. The van der Waals surface area contributed by atoms with Crippen LogP contribution in [0.25, 0.3) is 0 Å². The Labute approximate surface area is 136 Å². The monoisotopic (exact) mass is 366 g/mol. The molecule has 0 saturated carbocycles. The Morgan fingerprint density at radius 1 is 1.08 bits per heavy atom. The predicted molar refractivity (Wildman–Crippen MR) is 72.5 cm³/mol. The summed E-state index contributed by atoms with van der Waals surface area (Å²) < 4.78 is 82.6. The van der Waals surface area contributed by atoms with Crippen molar-refractivity contribution < 1.29 is 40.7 Å². The number of anilines is 1. The molecule has 0 aliphatic carbocycles. The number of para-hydroxylation sites is 1. The molecule has 0 fully saturated rings. The van der Waals surface area contributed by atoms with Gasteiger partial charge in [0.05, 0.1) is 18.4 Å². The molecule has 0 radical (unpaired) electrons. The van der Waals surface area contributed by atoms with Crippen molar-refractivity contribution in [2.75, 3.05) is 12.1 Å². The normalized spacial score (nSPS) is 17.5. The third-order valence-corrected chi connectivity index (χ3v) is 3.04. The third-order valence-electron chi connectivity index (χ3n) is 3.04. The van der Waals surface area contributed by atoms with Gasteiger partial charge in [-0.2, -0.15) is 36.5 Å². The summed E-state index contributed by atoms with van der Waals surface area (Å²) >= 11 is 0. The van der Waals surface area contributed by atoms with Crippen LogP contribution in [-0.2, 0) is 14.3 Å². The zero-order valence-corrected chi connectivity index (χ0v) is 12.3. The minimum Gasteiger partial charge on any atom is -0.465 e. The van der Waals surface area contributed by atoms with Gasteiger partial charge in [-0.3, -0.25) is 4.79 Å². The van der Waals surface area contributed by atoms with E-state index in [1.807, 2.05) is 0 Å². The highest BCUT2D eigenvalue weighted by molar-refractivity contribution is 6.34. The Kier molecular flexibility index (Phi) is 4.60. The molecule has 134 valence electrons. The highest BCUT2D eigenvalue weighted by Crippen LogP contribution is 2.38. The Bertz CT molecular complexity index is 765. The molecular formula is C14H8F6N2O3. The van der Waals surface area contributed by atoms with Gasteiger partial charge in [-0.25, -0.2) is 4.79 Å². The van der Waals surface area contributed by atoms with Gasteiger partial charge in [0.25, 0.3) is 5.91 Å². The van der Waals surface area contributed by atoms with E-state index < -0.39 is 41.1 Å². The second-order valence-corrected chi connectivity index (χ2v) is 4.64. The van der Waals surface area contributed by atoms with Gasteiger partial charge in [0.15, 0.2) is 11.3 Å². The van der Waals surface area contributed by atoms with Gasteiger partial charge in [-0.1, -0.05) is 18.2 Å². The first-order chi connectivity index (χ1) is 11.5. The van der Waals surface area contributed by atoms with E-state index in [1.165, 1.54) is 30.3 Å². The maximum Gasteiger partial charge on any atom is 0.435 e. The topological polar surface area (TPSA) is 59.0 Å². The van der Waals surface area contributed by atoms with E-state index in [-0.39, 0.29) is 10.7 Å². The number of benzene rings is 1. The lowest BCUT2D eigenvalue weighted by molar-refractivity contribution is -0.148. The lowest BCUT2D eigenvalue weighted by Gasteiger charge is -2.15. The number of nitrogens with zero attached hydrogens (tertiary/aromatic N) is 2. The third kappa shape index (κ3) is 3.49. The summed E-state index contributed by atoms with van der Waals surface area (Å²) in [5.41, 5.74) is -6.60. The zero-order chi connectivity index (χ0) is 19.0. The smallest absolute Gasteiger partial charge is 0.435 e. The summed E-state index contributed by atoms with van der Waals surface area (Å²) in [6, 6.07) is 6.51. The molecule has 1 aromatic carbocycles. The molecule has 11 heteroatoms. The zero-order valence-electron chi connectivity index (χ0n) is 12.3. The molecular weight excluding hydrogens is 358 g/mol. The summed E-state index contributed by atoms with van der Waals surface area (Å²) in [6.07, 6.45) is -11.0. The van der Waals surface area contributed by atoms with Crippen molar-refractivity contribution in [1.29, 1.82) is 0 Å². The lowest BCUT2D eigenvalue weighted by atomic mass is 10.0. The molecule has 0 unspecified atom stereocenters. The van der Waals surface area contributed by atoms with Crippen LogP contribution in [0.2, 0.25) is 0 Å². The van der Waals surface area contributed by atoms with Crippen molar-refractivity contribution in [1.82, 2.24) is 0 Å². The van der Waals surface area contributed by atoms with Crippen LogP contribution in [-0.4, -0.2) is 37.1 Å². The van der Waals surface area contributed by atoms with Gasteiger partial charge in [-0.15, -0.1) is 0 Å². The highest BCUT2D eigenvalue weighted by atomic mass is 19.4. The molecule has 0 N–H and O–H groups in total. The van der Waals surface area contributed by atoms with Crippen LogP contribution < -0.4 is 5.01 Å². The van der Waals surface area contributed by atoms with Gasteiger partial charge in [0, 0.05) is 0 Å². The summed E-state index contributed by atoms with van der Waals surface area (Å²) in [7, 11) is 0.549. The number of alkyl halides is 6. The number of rotatable bonds is 2. The second-order valence-electron chi connectivity index (χ2n) is 4.64. The number of carbonyl (C=O) groups excluding carboxylic acids is 2. The molecule has 0 bridgehead atoms. The Morgan fingerprint density at radius 2 is 1.64 bits per heavy atom. The van der Waals surface area contributed by atoms with Gasteiger partial charge in [-0.05, 0) is 12.1 Å². The van der Waals surface area contributed by atoms with Gasteiger partial charge >= 0.3 is 18.3 Å². The van der Waals surface area contributed by atoms with Gasteiger partial charge in [0.1, 0.15) is 0 Å². The molecule has 0 atom stereocenters. The second kappa shape index (κ2) is 6.22. The molecule has 2 rings (SSSR count). The molecule has 1 aliphatic rings. The molecule has 0 spiro atoms. The summed E-state index contributed by atoms with van der Waals surface area (Å²) in [4.78, 5) is 23.6. The van der Waals surface area contributed by atoms with Crippen LogP contribution in [0.15, 0.2) is 46.6 Å². The number of hydrazone groups is 1. The minimum absolute atomic E-state index is 0.146. The number of carbonyl (C=O) groups is 2. The fourth-order valence-corrected chi connectivity index (χ4v) is 2.03. The first-order valence-electron chi connectivity index (χ1n) is 6.44.